The van der Waals surface area contributed by atoms with E-state index >= 15 is 0 Å². The highest BCUT2D eigenvalue weighted by Crippen LogP contribution is 2.47. The average Bonchev–Trinajstić information content (AvgIpc) is 4.05. The van der Waals surface area contributed by atoms with Crippen molar-refractivity contribution in [3.63, 3.8) is 0 Å². The Bertz CT molecular complexity index is 1790. The number of nitrogens with one attached hydrogen (secondary N) is 2. The number of cyclic esters (lactones) is 1. The number of esters is 1. The Balaban J connectivity index is 1.17. The van der Waals surface area contributed by atoms with Crippen molar-refractivity contribution in [2.45, 2.75) is 153 Å². The molecule has 1 aromatic rings. The first-order valence-corrected chi connectivity index (χ1v) is 22.1. The number of fused-ring (bicyclic) bond motifs is 3. The van der Waals surface area contributed by atoms with Gasteiger partial charge < -0.3 is 19.7 Å². The first-order valence-electron chi connectivity index (χ1n) is 20.6. The van der Waals surface area contributed by atoms with E-state index in [4.69, 9.17) is 9.47 Å². The molecule has 2 N–H and O–H groups in total. The molecule has 6 aliphatic rings. The number of carbonyl (C=O) groups is 5. The second-order valence-corrected chi connectivity index (χ2v) is 19.8. The van der Waals surface area contributed by atoms with E-state index < -0.39 is 62.8 Å². The predicted molar refractivity (Wildman–Crippen MR) is 202 cm³/mol. The molecule has 0 spiro atoms. The molecule has 7 rings (SSSR count). The van der Waals surface area contributed by atoms with Crippen molar-refractivity contribution < 1.29 is 41.9 Å². The van der Waals surface area contributed by atoms with Crippen LogP contribution in [0.2, 0.25) is 0 Å². The van der Waals surface area contributed by atoms with Crippen LogP contribution < -0.4 is 10.0 Å². The summed E-state index contributed by atoms with van der Waals surface area (Å²) in [6.07, 6.45) is 8.38. The van der Waals surface area contributed by atoms with E-state index in [-0.39, 0.29) is 55.6 Å². The second kappa shape index (κ2) is 15.7. The molecule has 1 aromatic carbocycles. The van der Waals surface area contributed by atoms with Gasteiger partial charge in [-0.25, -0.2) is 13.2 Å². The molecule has 4 bridgehead atoms. The minimum atomic E-state index is -3.86. The number of sulfonamides is 1. The van der Waals surface area contributed by atoms with Crippen molar-refractivity contribution in [3.05, 3.63) is 34.9 Å². The molecule has 4 amide bonds. The number of hydrogen-bond donors (Lipinski definition) is 2. The number of rotatable bonds is 7. The van der Waals surface area contributed by atoms with E-state index in [0.29, 0.717) is 32.4 Å². The SMILES string of the molecule is CC[C@@H]1C[C@]1(NC(=O)[C@@H]1C[C@@H]2CN1C(=O)[C@H](C1CCCCC1)CC(=O)OCC(C)(C)CCCCc1cccc3c1CN(C3)C(=O)O2)C(=O)NS(=O)(=O)C1CC1. The summed E-state index contributed by atoms with van der Waals surface area (Å²) in [7, 11) is -3.86. The lowest BCUT2D eigenvalue weighted by molar-refractivity contribution is -0.154. The highest BCUT2D eigenvalue weighted by Gasteiger charge is 2.62. The van der Waals surface area contributed by atoms with Gasteiger partial charge in [-0.1, -0.05) is 71.1 Å². The summed E-state index contributed by atoms with van der Waals surface area (Å²) >= 11 is 0. The van der Waals surface area contributed by atoms with Gasteiger partial charge in [0.2, 0.25) is 21.8 Å². The standard InChI is InChI=1S/C41H58N4O9S/c1-4-29-21-41(29,38(49)43-55(51,52)31-16-17-31)42-36(47)34-19-30-23-45(34)37(48)32(26-11-6-5-7-12-26)20-35(46)53-25-40(2,3)18-9-8-13-27-14-10-15-28-22-44(24-33(27)28)39(50)54-30/h10,14-15,26,29-32,34H,4-9,11-13,16-25H2,1-3H3,(H,42,47)(H,43,49)/t29-,30-,32+,34+,41-/m1/s1. The number of amides is 4. The molecular formula is C41H58N4O9S. The van der Waals surface area contributed by atoms with Crippen LogP contribution in [0.1, 0.15) is 127 Å². The Morgan fingerprint density at radius 1 is 0.964 bits per heavy atom. The fourth-order valence-electron chi connectivity index (χ4n) is 9.45. The van der Waals surface area contributed by atoms with E-state index in [2.05, 4.69) is 30.0 Å². The maximum absolute atomic E-state index is 14.8. The van der Waals surface area contributed by atoms with Crippen LogP contribution in [0, 0.1) is 23.2 Å². The molecule has 14 heteroatoms. The smallest absolute Gasteiger partial charge is 0.410 e. The summed E-state index contributed by atoms with van der Waals surface area (Å²) in [5.74, 6) is -3.29. The Morgan fingerprint density at radius 2 is 1.71 bits per heavy atom. The van der Waals surface area contributed by atoms with Crippen molar-refractivity contribution in [3.8, 4) is 0 Å². The lowest BCUT2D eigenvalue weighted by Gasteiger charge is -2.34. The van der Waals surface area contributed by atoms with Gasteiger partial charge in [-0.2, -0.15) is 0 Å². The molecule has 0 unspecified atom stereocenters. The lowest BCUT2D eigenvalue weighted by Crippen LogP contribution is -2.57. The Kier molecular flexibility index (Phi) is 11.3. The highest BCUT2D eigenvalue weighted by atomic mass is 32.2. The zero-order chi connectivity index (χ0) is 39.1. The summed E-state index contributed by atoms with van der Waals surface area (Å²) in [5, 5.41) is 2.27. The second-order valence-electron chi connectivity index (χ2n) is 17.8. The molecule has 5 atom stereocenters. The third-order valence-electron chi connectivity index (χ3n) is 13.1. The van der Waals surface area contributed by atoms with Gasteiger partial charge in [-0.15, -0.1) is 0 Å². The Morgan fingerprint density at radius 3 is 2.42 bits per heavy atom. The van der Waals surface area contributed by atoms with Crippen LogP contribution in [-0.4, -0.2) is 84.1 Å². The first-order chi connectivity index (χ1) is 26.2. The van der Waals surface area contributed by atoms with E-state index in [9.17, 15) is 32.4 Å². The summed E-state index contributed by atoms with van der Waals surface area (Å²) in [4.78, 5) is 73.2. The maximum atomic E-state index is 14.8. The van der Waals surface area contributed by atoms with Crippen LogP contribution >= 0.6 is 0 Å². The van der Waals surface area contributed by atoms with Gasteiger partial charge >= 0.3 is 12.1 Å². The molecule has 3 heterocycles. The fraction of sp³-hybridized carbons (Fsp3) is 0.732. The van der Waals surface area contributed by atoms with Crippen LogP contribution in [0.15, 0.2) is 18.2 Å². The maximum Gasteiger partial charge on any atom is 0.410 e. The van der Waals surface area contributed by atoms with Crippen LogP contribution in [-0.2, 0) is 58.2 Å². The molecule has 3 aliphatic heterocycles. The van der Waals surface area contributed by atoms with Crippen LogP contribution in [0.4, 0.5) is 4.79 Å². The third kappa shape index (κ3) is 8.68. The number of hydrogen-bond acceptors (Lipinski definition) is 9. The minimum Gasteiger partial charge on any atom is -0.465 e. The molecule has 4 fully saturated rings. The molecular weight excluding hydrogens is 725 g/mol. The van der Waals surface area contributed by atoms with Crippen LogP contribution in [0.3, 0.4) is 0 Å². The summed E-state index contributed by atoms with van der Waals surface area (Å²) < 4.78 is 39.7. The largest absolute Gasteiger partial charge is 0.465 e. The van der Waals surface area contributed by atoms with Gasteiger partial charge in [-0.3, -0.25) is 28.8 Å². The number of carbonyl (C=O) groups excluding carboxylic acids is 5. The number of aryl methyl sites for hydroxylation is 1. The van der Waals surface area contributed by atoms with Crippen molar-refractivity contribution in [2.75, 3.05) is 13.2 Å². The monoisotopic (exact) mass is 782 g/mol. The van der Waals surface area contributed by atoms with E-state index in [1.54, 1.807) is 4.90 Å². The van der Waals surface area contributed by atoms with Gasteiger partial charge in [0.1, 0.15) is 17.7 Å². The number of ether oxygens (including phenoxy) is 2. The fourth-order valence-corrected chi connectivity index (χ4v) is 10.8. The van der Waals surface area contributed by atoms with Gasteiger partial charge in [0, 0.05) is 19.5 Å². The van der Waals surface area contributed by atoms with Crippen LogP contribution in [0.25, 0.3) is 0 Å². The predicted octanol–water partition coefficient (Wildman–Crippen LogP) is 4.88. The van der Waals surface area contributed by atoms with Crippen LogP contribution in [0.5, 0.6) is 0 Å². The zero-order valence-corrected chi connectivity index (χ0v) is 33.4. The molecule has 3 saturated carbocycles. The number of benzene rings is 1. The normalized spacial score (nSPS) is 30.6. The molecule has 13 nitrogen and oxygen atoms in total. The quantitative estimate of drug-likeness (QED) is 0.366. The highest BCUT2D eigenvalue weighted by molar-refractivity contribution is 7.91. The average molecular weight is 783 g/mol. The van der Waals surface area contributed by atoms with Crippen molar-refractivity contribution in [2.24, 2.45) is 23.2 Å². The Labute approximate surface area is 325 Å². The van der Waals surface area contributed by atoms with Crippen molar-refractivity contribution in [1.29, 1.82) is 0 Å². The van der Waals surface area contributed by atoms with Gasteiger partial charge in [0.15, 0.2) is 0 Å². The first kappa shape index (κ1) is 39.6. The van der Waals surface area contributed by atoms with E-state index in [1.807, 2.05) is 19.1 Å². The molecule has 302 valence electrons. The lowest BCUT2D eigenvalue weighted by atomic mass is 9.77. The zero-order valence-electron chi connectivity index (χ0n) is 32.6. The summed E-state index contributed by atoms with van der Waals surface area (Å²) in [5.41, 5.74) is 1.71. The van der Waals surface area contributed by atoms with Crippen molar-refractivity contribution in [1.82, 2.24) is 19.8 Å². The Hall–Kier alpha value is -3.68. The minimum absolute atomic E-state index is 0.000236. The third-order valence-corrected chi connectivity index (χ3v) is 14.9. The van der Waals surface area contributed by atoms with Gasteiger partial charge in [0.25, 0.3) is 5.91 Å². The van der Waals surface area contributed by atoms with E-state index in [1.165, 1.54) is 10.5 Å². The summed E-state index contributed by atoms with van der Waals surface area (Å²) in [6, 6.07) is 5.05. The van der Waals surface area contributed by atoms with E-state index in [0.717, 1.165) is 68.9 Å². The van der Waals surface area contributed by atoms with Crippen molar-refractivity contribution >= 4 is 39.8 Å². The molecule has 55 heavy (non-hydrogen) atoms. The molecule has 0 radical (unpaired) electrons. The summed E-state index contributed by atoms with van der Waals surface area (Å²) in [6.45, 7) is 7.05. The molecule has 0 aromatic heterocycles. The van der Waals surface area contributed by atoms with Gasteiger partial charge in [-0.05, 0) is 85.3 Å². The molecule has 3 aliphatic carbocycles. The topological polar surface area (TPSA) is 168 Å². The molecule has 1 saturated heterocycles. The van der Waals surface area contributed by atoms with Gasteiger partial charge in [0.05, 0.1) is 30.7 Å². The number of nitrogens with zero attached hydrogens (tertiary/aromatic N) is 2.